The van der Waals surface area contributed by atoms with Crippen molar-refractivity contribution in [1.29, 1.82) is 0 Å². The number of rotatable bonds is 7. The average molecular weight is 446 g/mol. The first-order valence-electron chi connectivity index (χ1n) is 11.9. The summed E-state index contributed by atoms with van der Waals surface area (Å²) in [6.07, 6.45) is 4.42. The molecular formula is C27H35N5O. The maximum absolute atomic E-state index is 12.3. The summed E-state index contributed by atoms with van der Waals surface area (Å²) in [5.74, 6) is 0.0363. The molecule has 3 aromatic rings. The second-order valence-corrected chi connectivity index (χ2v) is 9.34. The zero-order chi connectivity index (χ0) is 23.5. The summed E-state index contributed by atoms with van der Waals surface area (Å²) in [4.78, 5) is 14.8. The van der Waals surface area contributed by atoms with Gasteiger partial charge in [-0.05, 0) is 86.4 Å². The molecule has 0 aliphatic carbocycles. The molecule has 2 aromatic carbocycles. The minimum Gasteiger partial charge on any atom is -0.371 e. The predicted molar refractivity (Wildman–Crippen MR) is 135 cm³/mol. The molecule has 0 atom stereocenters. The molecule has 0 bridgehead atoms. The van der Waals surface area contributed by atoms with Gasteiger partial charge in [0.05, 0.1) is 5.69 Å². The molecule has 33 heavy (non-hydrogen) atoms. The molecule has 1 fully saturated rings. The number of carbonyl (C=O) groups excluding carboxylic acids is 1. The lowest BCUT2D eigenvalue weighted by Gasteiger charge is -2.30. The number of aromatic amines is 1. The maximum atomic E-state index is 12.3. The van der Waals surface area contributed by atoms with Gasteiger partial charge in [-0.15, -0.1) is 0 Å². The first-order chi connectivity index (χ1) is 15.8. The molecule has 6 nitrogen and oxygen atoms in total. The van der Waals surface area contributed by atoms with Gasteiger partial charge >= 0.3 is 0 Å². The number of nitrogens with one attached hydrogen (secondary N) is 2. The van der Waals surface area contributed by atoms with Crippen molar-refractivity contribution in [2.24, 2.45) is 5.73 Å². The van der Waals surface area contributed by atoms with Crippen molar-refractivity contribution in [2.45, 2.75) is 59.9 Å². The van der Waals surface area contributed by atoms with Crippen LogP contribution in [0.4, 0.5) is 11.5 Å². The van der Waals surface area contributed by atoms with Crippen molar-refractivity contribution < 1.29 is 4.79 Å². The largest absolute Gasteiger partial charge is 0.371 e. The van der Waals surface area contributed by atoms with Crippen molar-refractivity contribution in [1.82, 2.24) is 10.2 Å². The standard InChI is InChI=1S/C27H35N5O/c1-17-12-22(13-18(2)20(17)4)16-29-27-25(26(28)33)23(30-31-27)15-21-8-9-24(19(3)14-21)32-10-6-5-7-11-32/h8-9,12-14H,5-7,10-11,15-16H2,1-4H3,(H2,28,33)(H2,29,30,31). The number of hydrogen-bond acceptors (Lipinski definition) is 4. The van der Waals surface area contributed by atoms with Gasteiger partial charge in [-0.3, -0.25) is 9.89 Å². The quantitative estimate of drug-likeness (QED) is 0.481. The number of aryl methyl sites for hydroxylation is 3. The minimum atomic E-state index is -0.473. The number of hydrogen-bond donors (Lipinski definition) is 3. The number of nitrogens with zero attached hydrogens (tertiary/aromatic N) is 2. The first-order valence-corrected chi connectivity index (χ1v) is 11.9. The second kappa shape index (κ2) is 9.69. The van der Waals surface area contributed by atoms with E-state index in [1.807, 2.05) is 0 Å². The van der Waals surface area contributed by atoms with Gasteiger partial charge in [-0.25, -0.2) is 0 Å². The van der Waals surface area contributed by atoms with Crippen LogP contribution in [0.3, 0.4) is 0 Å². The second-order valence-electron chi connectivity index (χ2n) is 9.34. The lowest BCUT2D eigenvalue weighted by Crippen LogP contribution is -2.29. The zero-order valence-electron chi connectivity index (χ0n) is 20.2. The maximum Gasteiger partial charge on any atom is 0.254 e. The van der Waals surface area contributed by atoms with Crippen molar-refractivity contribution in [3.8, 4) is 0 Å². The van der Waals surface area contributed by atoms with Crippen LogP contribution in [-0.4, -0.2) is 29.2 Å². The van der Waals surface area contributed by atoms with E-state index in [0.29, 0.717) is 24.3 Å². The average Bonchev–Trinajstić information content (AvgIpc) is 3.19. The van der Waals surface area contributed by atoms with Crippen LogP contribution < -0.4 is 16.0 Å². The molecule has 1 amide bonds. The zero-order valence-corrected chi connectivity index (χ0v) is 20.2. The van der Waals surface area contributed by atoms with E-state index in [4.69, 9.17) is 5.73 Å². The Morgan fingerprint density at radius 2 is 1.67 bits per heavy atom. The number of benzene rings is 2. The number of H-pyrrole nitrogens is 1. The molecule has 0 unspecified atom stereocenters. The summed E-state index contributed by atoms with van der Waals surface area (Å²) in [6.45, 7) is 11.4. The monoisotopic (exact) mass is 445 g/mol. The molecule has 1 aromatic heterocycles. The molecule has 0 radical (unpaired) electrons. The van der Waals surface area contributed by atoms with E-state index in [1.165, 1.54) is 47.2 Å². The van der Waals surface area contributed by atoms with E-state index in [9.17, 15) is 4.79 Å². The smallest absolute Gasteiger partial charge is 0.254 e. The van der Waals surface area contributed by atoms with Gasteiger partial charge in [0.2, 0.25) is 0 Å². The minimum absolute atomic E-state index is 0.438. The van der Waals surface area contributed by atoms with Crippen LogP contribution in [-0.2, 0) is 13.0 Å². The summed E-state index contributed by atoms with van der Waals surface area (Å²) in [5.41, 5.74) is 15.6. The van der Waals surface area contributed by atoms with Crippen LogP contribution in [0.15, 0.2) is 30.3 Å². The fourth-order valence-corrected chi connectivity index (χ4v) is 4.83. The van der Waals surface area contributed by atoms with Crippen molar-refractivity contribution in [2.75, 3.05) is 23.3 Å². The van der Waals surface area contributed by atoms with E-state index < -0.39 is 5.91 Å². The number of nitrogens with two attached hydrogens (primary N) is 1. The normalized spacial score (nSPS) is 13.9. The first kappa shape index (κ1) is 22.9. The van der Waals surface area contributed by atoms with Crippen LogP contribution >= 0.6 is 0 Å². The Hall–Kier alpha value is -3.28. The van der Waals surface area contributed by atoms with Crippen molar-refractivity contribution in [3.63, 3.8) is 0 Å². The SMILES string of the molecule is Cc1cc(Cc2[nH]nc(NCc3cc(C)c(C)c(C)c3)c2C(N)=O)ccc1N1CCCCC1. The summed E-state index contributed by atoms with van der Waals surface area (Å²) in [7, 11) is 0. The molecule has 174 valence electrons. The molecule has 2 heterocycles. The summed E-state index contributed by atoms with van der Waals surface area (Å²) >= 11 is 0. The highest BCUT2D eigenvalue weighted by molar-refractivity contribution is 5.99. The molecule has 0 saturated carbocycles. The molecule has 4 rings (SSSR count). The molecule has 6 heteroatoms. The van der Waals surface area contributed by atoms with Gasteiger partial charge in [0.15, 0.2) is 5.82 Å². The Kier molecular flexibility index (Phi) is 6.72. The summed E-state index contributed by atoms with van der Waals surface area (Å²) < 4.78 is 0. The highest BCUT2D eigenvalue weighted by Crippen LogP contribution is 2.27. The fourth-order valence-electron chi connectivity index (χ4n) is 4.83. The highest BCUT2D eigenvalue weighted by Gasteiger charge is 2.19. The molecule has 1 aliphatic heterocycles. The topological polar surface area (TPSA) is 87.0 Å². The Morgan fingerprint density at radius 1 is 1.00 bits per heavy atom. The van der Waals surface area contributed by atoms with Gasteiger partial charge in [0, 0.05) is 31.7 Å². The number of primary amides is 1. The Balaban J connectivity index is 1.51. The number of aromatic nitrogens is 2. The van der Waals surface area contributed by atoms with Gasteiger partial charge in [0.1, 0.15) is 5.56 Å². The van der Waals surface area contributed by atoms with Gasteiger partial charge in [0.25, 0.3) is 5.91 Å². The third kappa shape index (κ3) is 5.05. The number of piperidine rings is 1. The predicted octanol–water partition coefficient (Wildman–Crippen LogP) is 4.94. The van der Waals surface area contributed by atoms with Gasteiger partial charge in [-0.1, -0.05) is 24.3 Å². The van der Waals surface area contributed by atoms with Crippen LogP contribution in [0.25, 0.3) is 0 Å². The van der Waals surface area contributed by atoms with Gasteiger partial charge in [-0.2, -0.15) is 5.10 Å². The van der Waals surface area contributed by atoms with Crippen molar-refractivity contribution in [3.05, 3.63) is 75.0 Å². The Morgan fingerprint density at radius 3 is 2.30 bits per heavy atom. The van der Waals surface area contributed by atoms with E-state index in [0.717, 1.165) is 29.9 Å². The Labute approximate surface area is 196 Å². The van der Waals surface area contributed by atoms with Gasteiger partial charge < -0.3 is 16.0 Å². The number of amides is 1. The van der Waals surface area contributed by atoms with E-state index in [1.54, 1.807) is 0 Å². The third-order valence-corrected chi connectivity index (χ3v) is 6.87. The third-order valence-electron chi connectivity index (χ3n) is 6.87. The van der Waals surface area contributed by atoms with Crippen LogP contribution in [0, 0.1) is 27.7 Å². The van der Waals surface area contributed by atoms with Crippen LogP contribution in [0.2, 0.25) is 0 Å². The van der Waals surface area contributed by atoms with Crippen LogP contribution in [0.5, 0.6) is 0 Å². The van der Waals surface area contributed by atoms with Crippen LogP contribution in [0.1, 0.15) is 68.7 Å². The lowest BCUT2D eigenvalue weighted by atomic mass is 10.0. The number of carbonyl (C=O) groups is 1. The molecule has 1 aliphatic rings. The van der Waals surface area contributed by atoms with E-state index >= 15 is 0 Å². The molecule has 4 N–H and O–H groups in total. The highest BCUT2D eigenvalue weighted by atomic mass is 16.1. The lowest BCUT2D eigenvalue weighted by molar-refractivity contribution is 0.100. The van der Waals surface area contributed by atoms with E-state index in [2.05, 4.69) is 78.4 Å². The Bertz CT molecular complexity index is 1130. The molecule has 0 spiro atoms. The number of anilines is 2. The molecule has 1 saturated heterocycles. The molecular weight excluding hydrogens is 410 g/mol. The van der Waals surface area contributed by atoms with Crippen molar-refractivity contribution >= 4 is 17.4 Å². The summed E-state index contributed by atoms with van der Waals surface area (Å²) in [6, 6.07) is 10.9. The summed E-state index contributed by atoms with van der Waals surface area (Å²) in [5, 5.41) is 10.7. The van der Waals surface area contributed by atoms with E-state index in [-0.39, 0.29) is 0 Å². The fraction of sp³-hybridized carbons (Fsp3) is 0.407.